The number of carbonyl (C=O) groups is 6. The highest BCUT2D eigenvalue weighted by Crippen LogP contribution is 2.37. The minimum absolute atomic E-state index is 0.0338. The van der Waals surface area contributed by atoms with Gasteiger partial charge in [-0.1, -0.05) is 83.1 Å². The number of hydrogen-bond acceptors (Lipinski definition) is 17. The Balaban J connectivity index is -0.000000877. The van der Waals surface area contributed by atoms with Gasteiger partial charge < -0.3 is 85.3 Å². The van der Waals surface area contributed by atoms with Gasteiger partial charge in [0.05, 0.1) is 75.3 Å². The molecule has 0 saturated carbocycles. The van der Waals surface area contributed by atoms with Gasteiger partial charge in [0, 0.05) is 95.9 Å². The van der Waals surface area contributed by atoms with E-state index in [2.05, 4.69) is 0 Å². The standard InChI is InChI=1S/C44H70N6O15.6C2H6.CH2O/c1-23-35(41(62)46(8)12-29(56)18-51)25(3)39(26(4)36(23)42(63)47(9)13-30(57)19-52)45(7)16-33(60)34(61)17-50(22-55)40-27(5)37(43(64)48(10)14-31(58)20-53)24(2)38(28(40)6)44(65)49(11)15-32(59)21-54;7*1-2/h22,29-34,51-54,56-61H,12-21H2,1-11H3;6*1-2H3;1H2. The molecule has 0 aliphatic heterocycles. The lowest BCUT2D eigenvalue weighted by atomic mass is 9.88. The first-order valence-corrected chi connectivity index (χ1v) is 27.3. The normalized spacial score (nSPS) is 12.2. The van der Waals surface area contributed by atoms with Crippen LogP contribution in [0.15, 0.2) is 0 Å². The number of nitrogens with zero attached hydrogens (tertiary/aromatic N) is 6. The van der Waals surface area contributed by atoms with E-state index in [1.54, 1.807) is 20.8 Å². The first-order chi connectivity index (χ1) is 37.3. The van der Waals surface area contributed by atoms with Crippen LogP contribution >= 0.6 is 0 Å². The van der Waals surface area contributed by atoms with E-state index in [9.17, 15) is 75.0 Å². The average molecular weight is 1130 g/mol. The smallest absolute Gasteiger partial charge is 0.254 e. The van der Waals surface area contributed by atoms with Gasteiger partial charge in [0.25, 0.3) is 23.6 Å². The summed E-state index contributed by atoms with van der Waals surface area (Å²) >= 11 is 0. The highest BCUT2D eigenvalue weighted by molar-refractivity contribution is 6.08. The zero-order valence-corrected chi connectivity index (χ0v) is 52.4. The molecule has 0 fully saturated rings. The largest absolute Gasteiger partial charge is 0.394 e. The molecule has 79 heavy (non-hydrogen) atoms. The molecule has 0 spiro atoms. The first kappa shape index (κ1) is 85.1. The number of aliphatic hydroxyl groups is 10. The Kier molecular flexibility index (Phi) is 50.2. The highest BCUT2D eigenvalue weighted by atomic mass is 16.3. The third-order valence-corrected chi connectivity index (χ3v) is 11.5. The van der Waals surface area contributed by atoms with Gasteiger partial charge in [0.15, 0.2) is 0 Å². The van der Waals surface area contributed by atoms with Crippen molar-refractivity contribution in [3.8, 4) is 0 Å². The van der Waals surface area contributed by atoms with Crippen LogP contribution in [0.5, 0.6) is 0 Å². The number of likely N-dealkylation sites (N-methyl/N-ethyl adjacent to an activating group) is 5. The molecule has 6 atom stereocenters. The van der Waals surface area contributed by atoms with Gasteiger partial charge in [-0.15, -0.1) is 0 Å². The fourth-order valence-electron chi connectivity index (χ4n) is 8.29. The summed E-state index contributed by atoms with van der Waals surface area (Å²) in [7, 11) is 7.09. The molecule has 6 unspecified atom stereocenters. The highest BCUT2D eigenvalue weighted by Gasteiger charge is 2.34. The van der Waals surface area contributed by atoms with Gasteiger partial charge in [-0.25, -0.2) is 0 Å². The van der Waals surface area contributed by atoms with Crippen LogP contribution in [0.2, 0.25) is 0 Å². The molecular formula is C57H108N6O16. The first-order valence-electron chi connectivity index (χ1n) is 27.3. The third kappa shape index (κ3) is 25.0. The van der Waals surface area contributed by atoms with Crippen LogP contribution in [0.25, 0.3) is 0 Å². The molecule has 0 aliphatic carbocycles. The number of anilines is 2. The van der Waals surface area contributed by atoms with Crippen LogP contribution in [-0.4, -0.2) is 245 Å². The summed E-state index contributed by atoms with van der Waals surface area (Å²) in [5, 5.41) is 101. The molecule has 0 heterocycles. The Morgan fingerprint density at radius 2 is 0.582 bits per heavy atom. The molecule has 0 aliphatic rings. The average Bonchev–Trinajstić information content (AvgIpc) is 3.45. The fourth-order valence-corrected chi connectivity index (χ4v) is 8.29. The number of carbonyl (C=O) groups excluding carboxylic acids is 6. The Morgan fingerprint density at radius 1 is 0.380 bits per heavy atom. The molecule has 462 valence electrons. The van der Waals surface area contributed by atoms with Crippen LogP contribution in [-0.2, 0) is 9.59 Å². The number of amides is 5. The van der Waals surface area contributed by atoms with E-state index in [1.807, 2.05) is 89.9 Å². The molecule has 0 radical (unpaired) electrons. The van der Waals surface area contributed by atoms with Gasteiger partial charge in [0.2, 0.25) is 6.41 Å². The molecule has 0 bridgehead atoms. The van der Waals surface area contributed by atoms with Crippen LogP contribution in [0.1, 0.15) is 158 Å². The van der Waals surface area contributed by atoms with Gasteiger partial charge in [-0.3, -0.25) is 24.0 Å². The zero-order chi connectivity index (χ0) is 63.9. The predicted molar refractivity (Wildman–Crippen MR) is 315 cm³/mol. The van der Waals surface area contributed by atoms with Crippen LogP contribution in [0, 0.1) is 41.5 Å². The molecule has 22 heteroatoms. The lowest BCUT2D eigenvalue weighted by molar-refractivity contribution is -0.108. The van der Waals surface area contributed by atoms with E-state index in [0.29, 0.717) is 23.2 Å². The second kappa shape index (κ2) is 46.6. The minimum Gasteiger partial charge on any atom is -0.394 e. The second-order valence-corrected chi connectivity index (χ2v) is 16.8. The van der Waals surface area contributed by atoms with Crippen molar-refractivity contribution in [1.82, 2.24) is 19.6 Å². The molecule has 2 aromatic carbocycles. The molecule has 2 aromatic rings. The van der Waals surface area contributed by atoms with Crippen molar-refractivity contribution in [2.75, 3.05) is 111 Å². The zero-order valence-electron chi connectivity index (χ0n) is 52.4. The molecule has 2 rings (SSSR count). The molecule has 5 amide bonds. The van der Waals surface area contributed by atoms with Crippen molar-refractivity contribution in [1.29, 1.82) is 0 Å². The predicted octanol–water partition coefficient (Wildman–Crippen LogP) is 3.03. The summed E-state index contributed by atoms with van der Waals surface area (Å²) in [5.74, 6) is -2.58. The van der Waals surface area contributed by atoms with Crippen LogP contribution < -0.4 is 9.80 Å². The Labute approximate surface area is 473 Å². The number of rotatable bonds is 24. The van der Waals surface area contributed by atoms with Crippen LogP contribution in [0.4, 0.5) is 11.4 Å². The lowest BCUT2D eigenvalue weighted by Crippen LogP contribution is -2.45. The van der Waals surface area contributed by atoms with E-state index < -0.39 is 93.2 Å². The van der Waals surface area contributed by atoms with Crippen molar-refractivity contribution >= 4 is 48.2 Å². The molecule has 0 aromatic heterocycles. The summed E-state index contributed by atoms with van der Waals surface area (Å²) in [5.41, 5.74) is 1.97. The number of aliphatic hydroxyl groups excluding tert-OH is 10. The molecular weight excluding hydrogens is 1020 g/mol. The summed E-state index contributed by atoms with van der Waals surface area (Å²) in [6, 6.07) is 0. The SMILES string of the molecule is C=O.CC.CC.CC.CC.CC.CC.Cc1c(C(=O)N(C)CC(O)CO)c(C)c(N(C)CC(O)C(O)CN(C=O)c2c(C)c(C(=O)N(C)CC(O)CO)c(C)c(C(=O)N(C)CC(O)CO)c2C)c(C)c1C(=O)N(C)CC(O)CO. The lowest BCUT2D eigenvalue weighted by Gasteiger charge is -2.34. The Bertz CT molecular complexity index is 1930. The van der Waals surface area contributed by atoms with Crippen molar-refractivity contribution in [2.45, 2.75) is 161 Å². The summed E-state index contributed by atoms with van der Waals surface area (Å²) < 4.78 is 0. The van der Waals surface area contributed by atoms with E-state index in [1.165, 1.54) is 70.7 Å². The van der Waals surface area contributed by atoms with Gasteiger partial charge in [-0.05, 0) is 74.9 Å². The minimum atomic E-state index is -1.71. The number of benzene rings is 2. The van der Waals surface area contributed by atoms with E-state index >= 15 is 0 Å². The summed E-state index contributed by atoms with van der Waals surface area (Å²) in [6.07, 6.45) is -8.13. The maximum absolute atomic E-state index is 14.0. The van der Waals surface area contributed by atoms with Gasteiger partial charge >= 0.3 is 0 Å². The van der Waals surface area contributed by atoms with Crippen LogP contribution in [0.3, 0.4) is 0 Å². The topological polar surface area (TPSA) is 324 Å². The maximum Gasteiger partial charge on any atom is 0.254 e. The van der Waals surface area contributed by atoms with E-state index in [-0.39, 0.29) is 82.9 Å². The third-order valence-electron chi connectivity index (χ3n) is 11.5. The fraction of sp³-hybridized carbons (Fsp3) is 0.684. The van der Waals surface area contributed by atoms with Gasteiger partial charge in [0.1, 0.15) is 6.79 Å². The monoisotopic (exact) mass is 1130 g/mol. The maximum atomic E-state index is 14.0. The van der Waals surface area contributed by atoms with Crippen molar-refractivity contribution < 1.29 is 79.8 Å². The molecule has 0 saturated heterocycles. The summed E-state index contributed by atoms with van der Waals surface area (Å²) in [4.78, 5) is 84.2. The molecule has 10 N–H and O–H groups in total. The van der Waals surface area contributed by atoms with Crippen molar-refractivity contribution in [2.24, 2.45) is 0 Å². The van der Waals surface area contributed by atoms with Crippen molar-refractivity contribution in [3.63, 3.8) is 0 Å². The number of hydrogen-bond donors (Lipinski definition) is 10. The Hall–Kier alpha value is -5.14. The Morgan fingerprint density at radius 3 is 0.785 bits per heavy atom. The van der Waals surface area contributed by atoms with Crippen molar-refractivity contribution in [3.05, 3.63) is 55.6 Å². The van der Waals surface area contributed by atoms with E-state index in [0.717, 1.165) is 14.7 Å². The second-order valence-electron chi connectivity index (χ2n) is 16.8. The van der Waals surface area contributed by atoms with Gasteiger partial charge in [-0.2, -0.15) is 0 Å². The quantitative estimate of drug-likeness (QED) is 0.0676. The summed E-state index contributed by atoms with van der Waals surface area (Å²) in [6.45, 7) is 30.8. The molecule has 22 nitrogen and oxygen atoms in total. The van der Waals surface area contributed by atoms with E-state index in [4.69, 9.17) is 4.79 Å².